The molecule has 1 aromatic carbocycles. The Labute approximate surface area is 127 Å². The van der Waals surface area contributed by atoms with Crippen LogP contribution in [0.4, 0.5) is 0 Å². The lowest BCUT2D eigenvalue weighted by molar-refractivity contribution is -0.119. The summed E-state index contributed by atoms with van der Waals surface area (Å²) in [5, 5.41) is 0. The van der Waals surface area contributed by atoms with Crippen LogP contribution >= 0.6 is 11.3 Å². The number of rotatable bonds is 2. The molecule has 0 unspecified atom stereocenters. The van der Waals surface area contributed by atoms with E-state index in [9.17, 15) is 9.59 Å². The molecule has 0 saturated carbocycles. The van der Waals surface area contributed by atoms with Gasteiger partial charge in [-0.05, 0) is 18.6 Å². The molecule has 0 aliphatic carbocycles. The molecule has 0 saturated heterocycles. The third kappa shape index (κ3) is 4.02. The Balaban J connectivity index is 2.45. The molecular formula is C17H19NO2S. The van der Waals surface area contributed by atoms with Gasteiger partial charge in [-0.3, -0.25) is 9.59 Å². The van der Waals surface area contributed by atoms with Crippen molar-refractivity contribution in [2.24, 2.45) is 5.41 Å². The zero-order valence-electron chi connectivity index (χ0n) is 12.7. The molecule has 0 radical (unpaired) electrons. The molecule has 110 valence electrons. The molecule has 0 spiro atoms. The van der Waals surface area contributed by atoms with E-state index >= 15 is 0 Å². The lowest BCUT2D eigenvalue weighted by atomic mass is 9.91. The molecule has 0 atom stereocenters. The Kier molecular flexibility index (Phi) is 4.28. The number of Topliss-reactive ketones (excluding diaryl/α,β-unsaturated/α-hetero) is 1. The molecule has 0 aliphatic heterocycles. The lowest BCUT2D eigenvalue weighted by Gasteiger charge is -2.12. The second kappa shape index (κ2) is 5.82. The zero-order valence-corrected chi connectivity index (χ0v) is 13.5. The van der Waals surface area contributed by atoms with E-state index in [-0.39, 0.29) is 11.3 Å². The number of benzene rings is 1. The van der Waals surface area contributed by atoms with Crippen molar-refractivity contribution in [3.63, 3.8) is 0 Å². The highest BCUT2D eigenvalue weighted by Gasteiger charge is 2.18. The standard InChI is InChI=1S/C17H19NO2S/c1-11-5-7-12(8-6-11)9-13-16(20)18-15(21-13)10-14(19)17(2,3)4/h5-10H,1-4H3,(H,18,20)/b13-9+,15-10-. The number of aryl methyl sites for hydroxylation is 1. The summed E-state index contributed by atoms with van der Waals surface area (Å²) >= 11 is 1.30. The van der Waals surface area contributed by atoms with Gasteiger partial charge in [0.1, 0.15) is 0 Å². The first-order valence-electron chi connectivity index (χ1n) is 6.79. The second-order valence-electron chi connectivity index (χ2n) is 6.10. The van der Waals surface area contributed by atoms with E-state index in [1.54, 1.807) is 0 Å². The topological polar surface area (TPSA) is 49.9 Å². The molecule has 21 heavy (non-hydrogen) atoms. The fourth-order valence-electron chi connectivity index (χ4n) is 1.67. The Morgan fingerprint density at radius 3 is 2.38 bits per heavy atom. The maximum atomic E-state index is 12.0. The van der Waals surface area contributed by atoms with Gasteiger partial charge in [0.25, 0.3) is 5.56 Å². The summed E-state index contributed by atoms with van der Waals surface area (Å²) in [5.74, 6) is 0.00175. The number of hydrogen-bond acceptors (Lipinski definition) is 3. The normalized spacial score (nSPS) is 13.7. The van der Waals surface area contributed by atoms with Crippen LogP contribution in [0.1, 0.15) is 31.9 Å². The minimum atomic E-state index is -0.443. The molecule has 1 aromatic heterocycles. The highest BCUT2D eigenvalue weighted by atomic mass is 32.1. The van der Waals surface area contributed by atoms with Crippen molar-refractivity contribution in [2.45, 2.75) is 27.7 Å². The van der Waals surface area contributed by atoms with Crippen LogP contribution in [0.2, 0.25) is 0 Å². The monoisotopic (exact) mass is 301 g/mol. The highest BCUT2D eigenvalue weighted by molar-refractivity contribution is 7.07. The van der Waals surface area contributed by atoms with Crippen molar-refractivity contribution in [2.75, 3.05) is 0 Å². The number of thiazole rings is 1. The highest BCUT2D eigenvalue weighted by Crippen LogP contribution is 2.14. The van der Waals surface area contributed by atoms with Gasteiger partial charge in [-0.2, -0.15) is 0 Å². The summed E-state index contributed by atoms with van der Waals surface area (Å²) in [7, 11) is 0. The van der Waals surface area contributed by atoms with Gasteiger partial charge in [-0.1, -0.05) is 50.6 Å². The molecular weight excluding hydrogens is 282 g/mol. The van der Waals surface area contributed by atoms with Gasteiger partial charge in [0.15, 0.2) is 5.78 Å². The minimum Gasteiger partial charge on any atom is -0.313 e. The Morgan fingerprint density at radius 2 is 1.81 bits per heavy atom. The average molecular weight is 301 g/mol. The number of ketones is 1. The molecule has 2 aromatic rings. The van der Waals surface area contributed by atoms with Crippen LogP contribution in [-0.4, -0.2) is 10.8 Å². The summed E-state index contributed by atoms with van der Waals surface area (Å²) in [6.45, 7) is 7.59. The number of H-pyrrole nitrogens is 1. The third-order valence-corrected chi connectivity index (χ3v) is 4.02. The van der Waals surface area contributed by atoms with Crippen LogP contribution in [0.5, 0.6) is 0 Å². The number of carbonyl (C=O) groups excluding carboxylic acids is 1. The fourth-order valence-corrected chi connectivity index (χ4v) is 2.56. The van der Waals surface area contributed by atoms with Gasteiger partial charge >= 0.3 is 0 Å². The smallest absolute Gasteiger partial charge is 0.266 e. The van der Waals surface area contributed by atoms with Crippen LogP contribution in [0.25, 0.3) is 12.2 Å². The Morgan fingerprint density at radius 1 is 1.19 bits per heavy atom. The lowest BCUT2D eigenvalue weighted by Crippen LogP contribution is -2.22. The van der Waals surface area contributed by atoms with E-state index < -0.39 is 5.41 Å². The minimum absolute atomic E-state index is 0.00175. The van der Waals surface area contributed by atoms with Crippen molar-refractivity contribution in [1.82, 2.24) is 4.98 Å². The van der Waals surface area contributed by atoms with Crippen molar-refractivity contribution in [3.05, 3.63) is 54.9 Å². The van der Waals surface area contributed by atoms with Gasteiger partial charge in [0.05, 0.1) is 9.20 Å². The van der Waals surface area contributed by atoms with Crippen molar-refractivity contribution in [3.8, 4) is 0 Å². The summed E-state index contributed by atoms with van der Waals surface area (Å²) in [6, 6.07) is 7.95. The third-order valence-electron chi connectivity index (χ3n) is 3.06. The first-order chi connectivity index (χ1) is 9.75. The quantitative estimate of drug-likeness (QED) is 0.922. The van der Waals surface area contributed by atoms with Gasteiger partial charge in [-0.15, -0.1) is 11.3 Å². The van der Waals surface area contributed by atoms with Gasteiger partial charge in [0, 0.05) is 11.5 Å². The summed E-state index contributed by atoms with van der Waals surface area (Å²) < 4.78 is 1.20. The number of nitrogens with one attached hydrogen (secondary N) is 1. The van der Waals surface area contributed by atoms with E-state index in [0.29, 0.717) is 9.20 Å². The number of aromatic nitrogens is 1. The molecule has 0 amide bonds. The molecule has 3 nitrogen and oxygen atoms in total. The van der Waals surface area contributed by atoms with Crippen molar-refractivity contribution < 1.29 is 4.79 Å². The Hall–Kier alpha value is -1.94. The van der Waals surface area contributed by atoms with Crippen molar-refractivity contribution in [1.29, 1.82) is 0 Å². The average Bonchev–Trinajstić information content (AvgIpc) is 2.71. The van der Waals surface area contributed by atoms with Gasteiger partial charge in [0.2, 0.25) is 0 Å². The molecule has 1 heterocycles. The van der Waals surface area contributed by atoms with E-state index in [0.717, 1.165) is 5.56 Å². The molecule has 0 aliphatic rings. The molecule has 2 rings (SSSR count). The number of aromatic amines is 1. The number of carbonyl (C=O) groups is 1. The Bertz CT molecular complexity index is 817. The van der Waals surface area contributed by atoms with Crippen LogP contribution < -0.4 is 14.8 Å². The maximum absolute atomic E-state index is 12.0. The van der Waals surface area contributed by atoms with E-state index in [4.69, 9.17) is 0 Å². The largest absolute Gasteiger partial charge is 0.313 e. The fraction of sp³-hybridized carbons (Fsp3) is 0.294. The van der Waals surface area contributed by atoms with E-state index in [2.05, 4.69) is 4.98 Å². The van der Waals surface area contributed by atoms with Crippen molar-refractivity contribution >= 4 is 29.3 Å². The SMILES string of the molecule is Cc1ccc(/C=c2/s/c(=C\C(=O)C(C)(C)C)[nH]c2=O)cc1. The predicted octanol–water partition coefficient (Wildman–Crippen LogP) is 1.97. The van der Waals surface area contributed by atoms with Crippen LogP contribution in [0.15, 0.2) is 29.1 Å². The molecule has 0 bridgehead atoms. The second-order valence-corrected chi connectivity index (χ2v) is 7.18. The summed E-state index contributed by atoms with van der Waals surface area (Å²) in [6.07, 6.45) is 3.35. The van der Waals surface area contributed by atoms with E-state index in [1.165, 1.54) is 23.0 Å². The molecule has 4 heteroatoms. The maximum Gasteiger partial charge on any atom is 0.266 e. The van der Waals surface area contributed by atoms with Crippen LogP contribution in [0, 0.1) is 12.3 Å². The summed E-state index contributed by atoms with van der Waals surface area (Å²) in [4.78, 5) is 26.6. The van der Waals surface area contributed by atoms with Gasteiger partial charge < -0.3 is 4.98 Å². The zero-order chi connectivity index (χ0) is 15.6. The van der Waals surface area contributed by atoms with E-state index in [1.807, 2.05) is 58.0 Å². The first kappa shape index (κ1) is 15.4. The van der Waals surface area contributed by atoms with Gasteiger partial charge in [-0.25, -0.2) is 0 Å². The molecule has 0 fully saturated rings. The summed E-state index contributed by atoms with van der Waals surface area (Å²) in [5.41, 5.74) is 1.55. The predicted molar refractivity (Wildman–Crippen MR) is 87.9 cm³/mol. The van der Waals surface area contributed by atoms with Crippen LogP contribution in [0.3, 0.4) is 0 Å². The first-order valence-corrected chi connectivity index (χ1v) is 7.61. The number of hydrogen-bond donors (Lipinski definition) is 1. The molecule has 1 N–H and O–H groups in total. The van der Waals surface area contributed by atoms with Crippen LogP contribution in [-0.2, 0) is 4.79 Å².